The van der Waals surface area contributed by atoms with Crippen LogP contribution in [-0.2, 0) is 16.6 Å². The largest absolute Gasteiger partial charge is 0.331 e. The van der Waals surface area contributed by atoms with E-state index in [0.29, 0.717) is 12.1 Å². The number of benzene rings is 2. The fourth-order valence-electron chi connectivity index (χ4n) is 2.79. The van der Waals surface area contributed by atoms with Crippen LogP contribution in [0.2, 0.25) is 0 Å². The van der Waals surface area contributed by atoms with Crippen LogP contribution in [0.1, 0.15) is 34.3 Å². The van der Waals surface area contributed by atoms with Gasteiger partial charge in [0.15, 0.2) is 0 Å². The number of hydrogen-bond donors (Lipinski definition) is 0. The molecule has 0 heterocycles. The maximum absolute atomic E-state index is 13.0. The van der Waals surface area contributed by atoms with Crippen LogP contribution in [0.4, 0.5) is 0 Å². The summed E-state index contributed by atoms with van der Waals surface area (Å²) in [6, 6.07) is 14.7. The second-order valence-corrected chi connectivity index (χ2v) is 9.11. The van der Waals surface area contributed by atoms with Crippen molar-refractivity contribution in [2.24, 2.45) is 0 Å². The van der Waals surface area contributed by atoms with Crippen molar-refractivity contribution >= 4 is 15.9 Å². The van der Waals surface area contributed by atoms with Crippen molar-refractivity contribution in [3.63, 3.8) is 0 Å². The Hall–Kier alpha value is -2.18. The summed E-state index contributed by atoms with van der Waals surface area (Å²) in [7, 11) is -0.506. The zero-order chi connectivity index (χ0) is 18.9. The molecular formula is C20H24N2O3S. The molecule has 0 N–H and O–H groups in total. The number of hydrogen-bond acceptors (Lipinski definition) is 3. The van der Waals surface area contributed by atoms with Crippen molar-refractivity contribution in [1.82, 2.24) is 9.21 Å². The van der Waals surface area contributed by atoms with Gasteiger partial charge >= 0.3 is 0 Å². The molecular weight excluding hydrogens is 348 g/mol. The zero-order valence-corrected chi connectivity index (χ0v) is 16.2. The van der Waals surface area contributed by atoms with Gasteiger partial charge in [0.2, 0.25) is 10.0 Å². The van der Waals surface area contributed by atoms with E-state index in [0.717, 1.165) is 22.7 Å². The lowest BCUT2D eigenvalue weighted by Crippen LogP contribution is -2.32. The Bertz CT molecular complexity index is 884. The predicted octanol–water partition coefficient (Wildman–Crippen LogP) is 3.05. The summed E-state index contributed by atoms with van der Waals surface area (Å²) in [5, 5.41) is 0. The predicted molar refractivity (Wildman–Crippen MR) is 101 cm³/mol. The number of carbonyl (C=O) groups is 1. The monoisotopic (exact) mass is 372 g/mol. The summed E-state index contributed by atoms with van der Waals surface area (Å²) in [6.07, 6.45) is 2.04. The molecule has 6 heteroatoms. The maximum atomic E-state index is 13.0. The molecule has 0 radical (unpaired) electrons. The van der Waals surface area contributed by atoms with Crippen LogP contribution in [0.3, 0.4) is 0 Å². The molecule has 0 aliphatic heterocycles. The van der Waals surface area contributed by atoms with E-state index in [2.05, 4.69) is 0 Å². The summed E-state index contributed by atoms with van der Waals surface area (Å²) in [5.41, 5.74) is 2.81. The molecule has 0 unspecified atom stereocenters. The highest BCUT2D eigenvalue weighted by Crippen LogP contribution is 2.30. The molecule has 0 saturated heterocycles. The van der Waals surface area contributed by atoms with Crippen molar-refractivity contribution in [3.05, 3.63) is 65.2 Å². The quantitative estimate of drug-likeness (QED) is 0.783. The molecule has 1 amide bonds. The lowest BCUT2D eigenvalue weighted by molar-refractivity contribution is 0.0730. The first-order valence-electron chi connectivity index (χ1n) is 8.68. The van der Waals surface area contributed by atoms with Crippen LogP contribution in [-0.4, -0.2) is 43.7 Å². The Morgan fingerprint density at radius 2 is 1.58 bits per heavy atom. The van der Waals surface area contributed by atoms with Gasteiger partial charge in [-0.1, -0.05) is 29.8 Å². The first-order valence-corrected chi connectivity index (χ1v) is 10.1. The number of nitrogens with zero attached hydrogens (tertiary/aromatic N) is 2. The second kappa shape index (κ2) is 7.21. The summed E-state index contributed by atoms with van der Waals surface area (Å²) >= 11 is 0. The van der Waals surface area contributed by atoms with Crippen molar-refractivity contribution in [1.29, 1.82) is 0 Å². The highest BCUT2D eigenvalue weighted by atomic mass is 32.2. The molecule has 0 spiro atoms. The van der Waals surface area contributed by atoms with Gasteiger partial charge < -0.3 is 4.90 Å². The van der Waals surface area contributed by atoms with Gasteiger partial charge in [-0.25, -0.2) is 12.7 Å². The van der Waals surface area contributed by atoms with E-state index in [-0.39, 0.29) is 16.8 Å². The standard InChI is InChI=1S/C20H24N2O3S/c1-15-4-6-16(7-5-15)14-22(18-10-11-18)20(23)17-8-12-19(13-9-17)26(24,25)21(2)3/h4-9,12-13,18H,10-11,14H2,1-3H3. The van der Waals surface area contributed by atoms with E-state index >= 15 is 0 Å². The Balaban J connectivity index is 1.80. The summed E-state index contributed by atoms with van der Waals surface area (Å²) in [5.74, 6) is -0.0538. The molecule has 2 aromatic rings. The van der Waals surface area contributed by atoms with Gasteiger partial charge in [0.1, 0.15) is 0 Å². The van der Waals surface area contributed by atoms with Crippen LogP contribution in [0.15, 0.2) is 53.4 Å². The summed E-state index contributed by atoms with van der Waals surface area (Å²) in [4.78, 5) is 15.0. The van der Waals surface area contributed by atoms with Crippen LogP contribution >= 0.6 is 0 Å². The SMILES string of the molecule is Cc1ccc(CN(C(=O)c2ccc(S(=O)(=O)N(C)C)cc2)C2CC2)cc1. The minimum absolute atomic E-state index is 0.0538. The van der Waals surface area contributed by atoms with Crippen molar-refractivity contribution < 1.29 is 13.2 Å². The average molecular weight is 372 g/mol. The Morgan fingerprint density at radius 3 is 2.08 bits per heavy atom. The van der Waals surface area contributed by atoms with Crippen LogP contribution in [0.5, 0.6) is 0 Å². The average Bonchev–Trinajstić information content (AvgIpc) is 3.45. The molecule has 1 aliphatic carbocycles. The summed E-state index contributed by atoms with van der Waals surface area (Å²) < 4.78 is 25.5. The van der Waals surface area contributed by atoms with E-state index in [1.807, 2.05) is 36.1 Å². The lowest BCUT2D eigenvalue weighted by Gasteiger charge is -2.23. The molecule has 1 saturated carbocycles. The fourth-order valence-corrected chi connectivity index (χ4v) is 3.69. The first kappa shape index (κ1) is 18.6. The van der Waals surface area contributed by atoms with E-state index in [4.69, 9.17) is 0 Å². The van der Waals surface area contributed by atoms with Gasteiger partial charge in [0.25, 0.3) is 5.91 Å². The highest BCUT2D eigenvalue weighted by Gasteiger charge is 2.33. The van der Waals surface area contributed by atoms with Crippen LogP contribution < -0.4 is 0 Å². The normalized spacial score (nSPS) is 14.5. The molecule has 1 fully saturated rings. The molecule has 0 bridgehead atoms. The highest BCUT2D eigenvalue weighted by molar-refractivity contribution is 7.89. The summed E-state index contributed by atoms with van der Waals surface area (Å²) in [6.45, 7) is 2.61. The fraction of sp³-hybridized carbons (Fsp3) is 0.350. The third-order valence-corrected chi connectivity index (χ3v) is 6.43. The molecule has 138 valence electrons. The number of amides is 1. The molecule has 5 nitrogen and oxygen atoms in total. The topological polar surface area (TPSA) is 57.7 Å². The lowest BCUT2D eigenvalue weighted by atomic mass is 10.1. The van der Waals surface area contributed by atoms with Crippen molar-refractivity contribution in [2.75, 3.05) is 14.1 Å². The van der Waals surface area contributed by atoms with Crippen LogP contribution in [0, 0.1) is 6.92 Å². The minimum Gasteiger partial charge on any atom is -0.331 e. The van der Waals surface area contributed by atoms with Gasteiger partial charge in [-0.2, -0.15) is 0 Å². The Labute approximate surface area is 155 Å². The van der Waals surface area contributed by atoms with E-state index in [9.17, 15) is 13.2 Å². The zero-order valence-electron chi connectivity index (χ0n) is 15.3. The molecule has 3 rings (SSSR count). The third kappa shape index (κ3) is 3.97. The van der Waals surface area contributed by atoms with Gasteiger partial charge in [0, 0.05) is 32.2 Å². The van der Waals surface area contributed by atoms with E-state index < -0.39 is 10.0 Å². The van der Waals surface area contributed by atoms with E-state index in [1.165, 1.54) is 31.8 Å². The smallest absolute Gasteiger partial charge is 0.254 e. The van der Waals surface area contributed by atoms with Gasteiger partial charge in [-0.3, -0.25) is 4.79 Å². The molecule has 2 aromatic carbocycles. The molecule has 26 heavy (non-hydrogen) atoms. The first-order chi connectivity index (χ1) is 12.3. The molecule has 1 aliphatic rings. The number of rotatable bonds is 6. The van der Waals surface area contributed by atoms with Crippen LogP contribution in [0.25, 0.3) is 0 Å². The maximum Gasteiger partial charge on any atom is 0.254 e. The van der Waals surface area contributed by atoms with Crippen molar-refractivity contribution in [2.45, 2.75) is 37.2 Å². The number of carbonyl (C=O) groups excluding carboxylic acids is 1. The second-order valence-electron chi connectivity index (χ2n) is 6.96. The molecule has 0 aromatic heterocycles. The Kier molecular flexibility index (Phi) is 5.16. The van der Waals surface area contributed by atoms with Gasteiger partial charge in [0.05, 0.1) is 4.90 Å². The van der Waals surface area contributed by atoms with Crippen molar-refractivity contribution in [3.8, 4) is 0 Å². The van der Waals surface area contributed by atoms with Gasteiger partial charge in [-0.05, 0) is 49.6 Å². The van der Waals surface area contributed by atoms with Gasteiger partial charge in [-0.15, -0.1) is 0 Å². The molecule has 0 atom stereocenters. The Morgan fingerprint density at radius 1 is 1.00 bits per heavy atom. The third-order valence-electron chi connectivity index (χ3n) is 4.60. The minimum atomic E-state index is -3.49. The number of aryl methyl sites for hydroxylation is 1. The number of sulfonamides is 1. The van der Waals surface area contributed by atoms with E-state index in [1.54, 1.807) is 12.1 Å².